The van der Waals surface area contributed by atoms with Crippen LogP contribution in [0.25, 0.3) is 0 Å². The van der Waals surface area contributed by atoms with Gasteiger partial charge in [0.25, 0.3) is 0 Å². The molecule has 15 heavy (non-hydrogen) atoms. The Morgan fingerprint density at radius 1 is 1.53 bits per heavy atom. The molecule has 0 unspecified atom stereocenters. The fourth-order valence-corrected chi connectivity index (χ4v) is 2.21. The second-order valence-corrected chi connectivity index (χ2v) is 4.64. The summed E-state index contributed by atoms with van der Waals surface area (Å²) in [6.07, 6.45) is 4.73. The maximum atomic E-state index is 4.51. The third-order valence-electron chi connectivity index (χ3n) is 3.30. The summed E-state index contributed by atoms with van der Waals surface area (Å²) in [6, 6.07) is 2.08. The lowest BCUT2D eigenvalue weighted by atomic mass is 10.2. The van der Waals surface area contributed by atoms with Crippen LogP contribution >= 0.6 is 0 Å². The van der Waals surface area contributed by atoms with Gasteiger partial charge in [-0.3, -0.25) is 0 Å². The van der Waals surface area contributed by atoms with Crippen molar-refractivity contribution in [2.45, 2.75) is 19.8 Å². The quantitative estimate of drug-likeness (QED) is 0.797. The van der Waals surface area contributed by atoms with Crippen molar-refractivity contribution < 1.29 is 0 Å². The SMILES string of the molecule is Cc1ccnc2c1NCCN2CC1CC1. The number of anilines is 2. The van der Waals surface area contributed by atoms with Crippen molar-refractivity contribution in [3.05, 3.63) is 17.8 Å². The Labute approximate surface area is 90.5 Å². The standard InChI is InChI=1S/C12H17N3/c1-9-4-5-14-12-11(9)13-6-7-15(12)8-10-2-3-10/h4-5,10,13H,2-3,6-8H2,1H3. The maximum absolute atomic E-state index is 4.51. The monoisotopic (exact) mass is 203 g/mol. The number of fused-ring (bicyclic) bond motifs is 1. The number of rotatable bonds is 2. The molecule has 1 aromatic rings. The van der Waals surface area contributed by atoms with Crippen molar-refractivity contribution in [3.63, 3.8) is 0 Å². The van der Waals surface area contributed by atoms with E-state index in [9.17, 15) is 0 Å². The lowest BCUT2D eigenvalue weighted by Gasteiger charge is -2.31. The van der Waals surface area contributed by atoms with Crippen molar-refractivity contribution in [3.8, 4) is 0 Å². The second kappa shape index (κ2) is 3.40. The van der Waals surface area contributed by atoms with Crippen molar-refractivity contribution in [1.82, 2.24) is 4.98 Å². The first kappa shape index (κ1) is 9.01. The van der Waals surface area contributed by atoms with E-state index >= 15 is 0 Å². The smallest absolute Gasteiger partial charge is 0.152 e. The Hall–Kier alpha value is -1.25. The van der Waals surface area contributed by atoms with E-state index < -0.39 is 0 Å². The molecule has 2 aliphatic rings. The van der Waals surface area contributed by atoms with Crippen molar-refractivity contribution in [2.24, 2.45) is 5.92 Å². The van der Waals surface area contributed by atoms with Gasteiger partial charge in [0.05, 0.1) is 5.69 Å². The van der Waals surface area contributed by atoms with Gasteiger partial charge in [-0.15, -0.1) is 0 Å². The summed E-state index contributed by atoms with van der Waals surface area (Å²) in [7, 11) is 0. The highest BCUT2D eigenvalue weighted by atomic mass is 15.2. The summed E-state index contributed by atoms with van der Waals surface area (Å²) in [5.41, 5.74) is 2.55. The van der Waals surface area contributed by atoms with E-state index in [1.54, 1.807) is 0 Å². The number of hydrogen-bond acceptors (Lipinski definition) is 3. The van der Waals surface area contributed by atoms with Gasteiger partial charge in [-0.1, -0.05) is 0 Å². The van der Waals surface area contributed by atoms with Crippen LogP contribution in [0.15, 0.2) is 12.3 Å². The zero-order valence-electron chi connectivity index (χ0n) is 9.16. The van der Waals surface area contributed by atoms with E-state index in [2.05, 4.69) is 28.2 Å². The van der Waals surface area contributed by atoms with Gasteiger partial charge in [0.15, 0.2) is 5.82 Å². The number of aromatic nitrogens is 1. The van der Waals surface area contributed by atoms with Gasteiger partial charge >= 0.3 is 0 Å². The molecule has 1 aliphatic carbocycles. The van der Waals surface area contributed by atoms with E-state index in [0.717, 1.165) is 24.8 Å². The molecular weight excluding hydrogens is 186 g/mol. The van der Waals surface area contributed by atoms with Crippen LogP contribution in [-0.4, -0.2) is 24.6 Å². The molecule has 80 valence electrons. The zero-order chi connectivity index (χ0) is 10.3. The number of nitrogens with zero attached hydrogens (tertiary/aromatic N) is 2. The van der Waals surface area contributed by atoms with Crippen LogP contribution in [0.3, 0.4) is 0 Å². The summed E-state index contributed by atoms with van der Waals surface area (Å²) in [5.74, 6) is 2.09. The lowest BCUT2D eigenvalue weighted by Crippen LogP contribution is -2.36. The largest absolute Gasteiger partial charge is 0.380 e. The highest BCUT2D eigenvalue weighted by molar-refractivity contribution is 5.71. The molecule has 1 aliphatic heterocycles. The average molecular weight is 203 g/mol. The topological polar surface area (TPSA) is 28.2 Å². The van der Waals surface area contributed by atoms with Gasteiger partial charge in [-0.2, -0.15) is 0 Å². The average Bonchev–Trinajstić information content (AvgIpc) is 3.04. The zero-order valence-corrected chi connectivity index (χ0v) is 9.16. The van der Waals surface area contributed by atoms with Crippen LogP contribution in [-0.2, 0) is 0 Å². The molecule has 0 atom stereocenters. The van der Waals surface area contributed by atoms with Crippen LogP contribution < -0.4 is 10.2 Å². The summed E-state index contributed by atoms with van der Waals surface area (Å²) < 4.78 is 0. The predicted octanol–water partition coefficient (Wildman–Crippen LogP) is 2.03. The van der Waals surface area contributed by atoms with E-state index in [-0.39, 0.29) is 0 Å². The molecule has 3 nitrogen and oxygen atoms in total. The number of hydrogen-bond donors (Lipinski definition) is 1. The normalized spacial score (nSPS) is 19.7. The van der Waals surface area contributed by atoms with Crippen LogP contribution in [0.1, 0.15) is 18.4 Å². The molecule has 0 amide bonds. The molecular formula is C12H17N3. The van der Waals surface area contributed by atoms with Gasteiger partial charge < -0.3 is 10.2 Å². The Kier molecular flexibility index (Phi) is 2.04. The fourth-order valence-electron chi connectivity index (χ4n) is 2.21. The third-order valence-corrected chi connectivity index (χ3v) is 3.30. The number of pyridine rings is 1. The van der Waals surface area contributed by atoms with Gasteiger partial charge in [-0.05, 0) is 37.3 Å². The first-order valence-corrected chi connectivity index (χ1v) is 5.79. The summed E-state index contributed by atoms with van der Waals surface area (Å²) in [5, 5.41) is 3.45. The van der Waals surface area contributed by atoms with E-state index in [1.165, 1.54) is 30.6 Å². The van der Waals surface area contributed by atoms with Gasteiger partial charge in [-0.25, -0.2) is 4.98 Å². The Bertz CT molecular complexity index is 371. The van der Waals surface area contributed by atoms with Gasteiger partial charge in [0.1, 0.15) is 0 Å². The van der Waals surface area contributed by atoms with E-state index in [0.29, 0.717) is 0 Å². The molecule has 1 N–H and O–H groups in total. The Morgan fingerprint density at radius 3 is 3.20 bits per heavy atom. The number of nitrogens with one attached hydrogen (secondary N) is 1. The summed E-state index contributed by atoms with van der Waals surface area (Å²) >= 11 is 0. The van der Waals surface area contributed by atoms with Crippen molar-refractivity contribution in [1.29, 1.82) is 0 Å². The summed E-state index contributed by atoms with van der Waals surface area (Å²) in [4.78, 5) is 6.95. The predicted molar refractivity (Wildman–Crippen MR) is 62.4 cm³/mol. The fraction of sp³-hybridized carbons (Fsp3) is 0.583. The summed E-state index contributed by atoms with van der Waals surface area (Å²) in [6.45, 7) is 5.49. The molecule has 0 saturated heterocycles. The molecule has 0 radical (unpaired) electrons. The molecule has 1 aromatic heterocycles. The Morgan fingerprint density at radius 2 is 2.40 bits per heavy atom. The molecule has 0 aromatic carbocycles. The minimum atomic E-state index is 0.929. The molecule has 3 heteroatoms. The molecule has 1 saturated carbocycles. The van der Waals surface area contributed by atoms with Crippen LogP contribution in [0.5, 0.6) is 0 Å². The van der Waals surface area contributed by atoms with Crippen LogP contribution in [0.4, 0.5) is 11.5 Å². The van der Waals surface area contributed by atoms with Crippen molar-refractivity contribution >= 4 is 11.5 Å². The molecule has 0 bridgehead atoms. The van der Waals surface area contributed by atoms with Crippen molar-refractivity contribution in [2.75, 3.05) is 29.9 Å². The molecule has 0 spiro atoms. The van der Waals surface area contributed by atoms with E-state index in [1.807, 2.05) is 6.20 Å². The first-order valence-electron chi connectivity index (χ1n) is 5.79. The van der Waals surface area contributed by atoms with E-state index in [4.69, 9.17) is 0 Å². The molecule has 3 rings (SSSR count). The first-order chi connectivity index (χ1) is 7.34. The Balaban J connectivity index is 1.91. The highest BCUT2D eigenvalue weighted by Crippen LogP contribution is 2.35. The van der Waals surface area contributed by atoms with Gasteiger partial charge in [0.2, 0.25) is 0 Å². The van der Waals surface area contributed by atoms with Crippen LogP contribution in [0.2, 0.25) is 0 Å². The maximum Gasteiger partial charge on any atom is 0.152 e. The minimum absolute atomic E-state index is 0.929. The highest BCUT2D eigenvalue weighted by Gasteiger charge is 2.27. The lowest BCUT2D eigenvalue weighted by molar-refractivity contribution is 0.707. The number of aryl methyl sites for hydroxylation is 1. The van der Waals surface area contributed by atoms with Gasteiger partial charge in [0, 0.05) is 25.8 Å². The second-order valence-electron chi connectivity index (χ2n) is 4.64. The minimum Gasteiger partial charge on any atom is -0.380 e. The van der Waals surface area contributed by atoms with Crippen LogP contribution in [0, 0.1) is 12.8 Å². The third kappa shape index (κ3) is 1.66. The molecule has 2 heterocycles. The molecule has 1 fully saturated rings.